The minimum absolute atomic E-state index is 0.178. The van der Waals surface area contributed by atoms with E-state index in [-0.39, 0.29) is 6.42 Å². The van der Waals surface area contributed by atoms with Gasteiger partial charge in [-0.2, -0.15) is 0 Å². The summed E-state index contributed by atoms with van der Waals surface area (Å²) in [6, 6.07) is 7.26. The van der Waals surface area contributed by atoms with E-state index < -0.39 is 5.97 Å². The second-order valence-corrected chi connectivity index (χ2v) is 3.40. The molecule has 0 fully saturated rings. The average Bonchev–Trinajstić information content (AvgIpc) is 2.76. The lowest BCUT2D eigenvalue weighted by Gasteiger charge is -2.03. The number of oxazole rings is 1. The molecule has 0 spiro atoms. The van der Waals surface area contributed by atoms with Crippen LogP contribution in [0.2, 0.25) is 0 Å². The first-order chi connectivity index (χ1) is 8.20. The van der Waals surface area contributed by atoms with Gasteiger partial charge in [-0.15, -0.1) is 0 Å². The van der Waals surface area contributed by atoms with Crippen LogP contribution in [-0.2, 0) is 11.2 Å². The fraction of sp³-hybridized carbons (Fsp3) is 0.167. The summed E-state index contributed by atoms with van der Waals surface area (Å²) in [6.07, 6.45) is 1.23. The van der Waals surface area contributed by atoms with Crippen LogP contribution >= 0.6 is 0 Å². The highest BCUT2D eigenvalue weighted by molar-refractivity contribution is 5.69. The third kappa shape index (κ3) is 2.44. The van der Waals surface area contributed by atoms with Crippen molar-refractivity contribution in [3.63, 3.8) is 0 Å². The maximum Gasteiger partial charge on any atom is 0.311 e. The molecule has 0 bridgehead atoms. The van der Waals surface area contributed by atoms with Crippen molar-refractivity contribution < 1.29 is 19.1 Å². The van der Waals surface area contributed by atoms with Crippen molar-refractivity contribution >= 4 is 5.97 Å². The Morgan fingerprint density at radius 3 is 2.94 bits per heavy atom. The first kappa shape index (κ1) is 11.2. The number of carbonyl (C=O) groups is 1. The zero-order valence-electron chi connectivity index (χ0n) is 9.21. The van der Waals surface area contributed by atoms with E-state index in [0.717, 1.165) is 0 Å². The Morgan fingerprint density at radius 1 is 1.47 bits per heavy atom. The summed E-state index contributed by atoms with van der Waals surface area (Å²) in [7, 11) is 1.56. The van der Waals surface area contributed by atoms with Crippen LogP contribution in [0.5, 0.6) is 5.75 Å². The summed E-state index contributed by atoms with van der Waals surface area (Å²) in [4.78, 5) is 14.6. The Hall–Kier alpha value is -2.30. The van der Waals surface area contributed by atoms with Crippen LogP contribution in [0, 0.1) is 0 Å². The van der Waals surface area contributed by atoms with E-state index in [1.807, 2.05) is 12.1 Å². The molecule has 0 unspecified atom stereocenters. The molecule has 1 aromatic carbocycles. The van der Waals surface area contributed by atoms with Gasteiger partial charge in [-0.05, 0) is 12.1 Å². The molecule has 2 rings (SSSR count). The molecule has 0 radical (unpaired) electrons. The molecule has 1 heterocycles. The fourth-order valence-corrected chi connectivity index (χ4v) is 1.48. The SMILES string of the molecule is COc1ccccc1-c1ncc(CC(=O)O)o1. The minimum Gasteiger partial charge on any atom is -0.496 e. The number of ether oxygens (including phenoxy) is 1. The Balaban J connectivity index is 2.33. The summed E-state index contributed by atoms with van der Waals surface area (Å²) in [6.45, 7) is 0. The topological polar surface area (TPSA) is 72.6 Å². The van der Waals surface area contributed by atoms with Gasteiger partial charge in [0.05, 0.1) is 18.9 Å². The number of rotatable bonds is 4. The number of methoxy groups -OCH3 is 1. The second kappa shape index (κ2) is 4.69. The number of hydrogen-bond acceptors (Lipinski definition) is 4. The van der Waals surface area contributed by atoms with E-state index in [9.17, 15) is 4.79 Å². The maximum absolute atomic E-state index is 10.5. The van der Waals surface area contributed by atoms with Gasteiger partial charge < -0.3 is 14.3 Å². The summed E-state index contributed by atoms with van der Waals surface area (Å²) in [5.74, 6) is 0.362. The maximum atomic E-state index is 10.5. The van der Waals surface area contributed by atoms with Gasteiger partial charge in [0.1, 0.15) is 17.9 Å². The normalized spacial score (nSPS) is 10.2. The lowest BCUT2D eigenvalue weighted by molar-refractivity contribution is -0.136. The molecule has 2 aromatic rings. The predicted octanol–water partition coefficient (Wildman–Crippen LogP) is 1.98. The molecule has 0 aliphatic heterocycles. The van der Waals surface area contributed by atoms with Gasteiger partial charge in [0, 0.05) is 0 Å². The van der Waals surface area contributed by atoms with Gasteiger partial charge in [0.15, 0.2) is 0 Å². The van der Waals surface area contributed by atoms with Gasteiger partial charge in [0.2, 0.25) is 5.89 Å². The molecule has 1 N–H and O–H groups in total. The molecular weight excluding hydrogens is 222 g/mol. The third-order valence-electron chi connectivity index (χ3n) is 2.22. The summed E-state index contributed by atoms with van der Waals surface area (Å²) >= 11 is 0. The number of carboxylic acid groups (broad SMARTS) is 1. The highest BCUT2D eigenvalue weighted by Gasteiger charge is 2.12. The van der Waals surface area contributed by atoms with Crippen LogP contribution in [0.4, 0.5) is 0 Å². The smallest absolute Gasteiger partial charge is 0.311 e. The van der Waals surface area contributed by atoms with Crippen molar-refractivity contribution in [2.45, 2.75) is 6.42 Å². The molecule has 1 aromatic heterocycles. The van der Waals surface area contributed by atoms with Crippen LogP contribution < -0.4 is 4.74 Å². The van der Waals surface area contributed by atoms with Gasteiger partial charge in [0.25, 0.3) is 0 Å². The number of hydrogen-bond donors (Lipinski definition) is 1. The van der Waals surface area contributed by atoms with Gasteiger partial charge in [-0.1, -0.05) is 12.1 Å². The zero-order valence-corrected chi connectivity index (χ0v) is 9.21. The number of benzene rings is 1. The van der Waals surface area contributed by atoms with Gasteiger partial charge in [-0.25, -0.2) is 4.98 Å². The third-order valence-corrected chi connectivity index (χ3v) is 2.22. The quantitative estimate of drug-likeness (QED) is 0.874. The number of aromatic nitrogens is 1. The molecular formula is C12H11NO4. The number of aliphatic carboxylic acids is 1. The Morgan fingerprint density at radius 2 is 2.24 bits per heavy atom. The first-order valence-electron chi connectivity index (χ1n) is 5.00. The lowest BCUT2D eigenvalue weighted by Crippen LogP contribution is -1.97. The molecule has 88 valence electrons. The molecule has 0 aliphatic carbocycles. The Bertz CT molecular complexity index is 533. The summed E-state index contributed by atoms with van der Waals surface area (Å²) in [5.41, 5.74) is 0.701. The second-order valence-electron chi connectivity index (χ2n) is 3.40. The van der Waals surface area contributed by atoms with E-state index >= 15 is 0 Å². The highest BCUT2D eigenvalue weighted by Crippen LogP contribution is 2.28. The van der Waals surface area contributed by atoms with Crippen LogP contribution in [0.1, 0.15) is 5.76 Å². The Kier molecular flexibility index (Phi) is 3.09. The zero-order chi connectivity index (χ0) is 12.3. The largest absolute Gasteiger partial charge is 0.496 e. The number of para-hydroxylation sites is 1. The summed E-state index contributed by atoms with van der Waals surface area (Å²) in [5, 5.41) is 8.64. The fourth-order valence-electron chi connectivity index (χ4n) is 1.48. The molecule has 0 aliphatic rings. The standard InChI is InChI=1S/C12H11NO4/c1-16-10-5-3-2-4-9(10)12-13-7-8(17-12)6-11(14)15/h2-5,7H,6H2,1H3,(H,14,15). The van der Waals surface area contributed by atoms with Crippen molar-refractivity contribution in [2.75, 3.05) is 7.11 Å². The van der Waals surface area contributed by atoms with E-state index in [0.29, 0.717) is 23.0 Å². The molecule has 5 nitrogen and oxygen atoms in total. The van der Waals surface area contributed by atoms with Crippen LogP contribution in [0.25, 0.3) is 11.5 Å². The molecule has 5 heteroatoms. The monoisotopic (exact) mass is 233 g/mol. The van der Waals surface area contributed by atoms with E-state index in [1.54, 1.807) is 19.2 Å². The Labute approximate surface area is 97.7 Å². The predicted molar refractivity (Wildman–Crippen MR) is 59.8 cm³/mol. The van der Waals surface area contributed by atoms with Crippen LogP contribution in [0.15, 0.2) is 34.9 Å². The van der Waals surface area contributed by atoms with Crippen molar-refractivity contribution in [3.05, 3.63) is 36.2 Å². The van der Waals surface area contributed by atoms with E-state index in [1.165, 1.54) is 6.20 Å². The van der Waals surface area contributed by atoms with Crippen molar-refractivity contribution in [1.82, 2.24) is 4.98 Å². The lowest BCUT2D eigenvalue weighted by atomic mass is 10.2. The van der Waals surface area contributed by atoms with E-state index in [2.05, 4.69) is 4.98 Å². The molecule has 0 atom stereocenters. The molecule has 0 amide bonds. The molecule has 0 saturated carbocycles. The highest BCUT2D eigenvalue weighted by atomic mass is 16.5. The van der Waals surface area contributed by atoms with Crippen molar-refractivity contribution in [1.29, 1.82) is 0 Å². The van der Waals surface area contributed by atoms with Gasteiger partial charge >= 0.3 is 5.97 Å². The van der Waals surface area contributed by atoms with Gasteiger partial charge in [-0.3, -0.25) is 4.79 Å². The first-order valence-corrected chi connectivity index (χ1v) is 5.00. The number of carboxylic acids is 1. The minimum atomic E-state index is -0.951. The number of nitrogens with zero attached hydrogens (tertiary/aromatic N) is 1. The van der Waals surface area contributed by atoms with Crippen molar-refractivity contribution in [3.8, 4) is 17.2 Å². The average molecular weight is 233 g/mol. The molecule has 0 saturated heterocycles. The van der Waals surface area contributed by atoms with Crippen molar-refractivity contribution in [2.24, 2.45) is 0 Å². The summed E-state index contributed by atoms with van der Waals surface area (Å²) < 4.78 is 10.5. The molecule has 17 heavy (non-hydrogen) atoms. The van der Waals surface area contributed by atoms with Crippen LogP contribution in [0.3, 0.4) is 0 Å². The van der Waals surface area contributed by atoms with Crippen LogP contribution in [-0.4, -0.2) is 23.2 Å². The van der Waals surface area contributed by atoms with E-state index in [4.69, 9.17) is 14.3 Å².